The Morgan fingerprint density at radius 1 is 1.00 bits per heavy atom. The smallest absolute Gasteiger partial charge is 0.138 e. The molecule has 2 rings (SSSR count). The van der Waals surface area contributed by atoms with Crippen molar-refractivity contribution in [2.24, 2.45) is 0 Å². The third-order valence-electron chi connectivity index (χ3n) is 1.87. The highest BCUT2D eigenvalue weighted by molar-refractivity contribution is 9.11. The van der Waals surface area contributed by atoms with Gasteiger partial charge in [-0.1, -0.05) is 0 Å². The van der Waals surface area contributed by atoms with Gasteiger partial charge in [0.2, 0.25) is 0 Å². The zero-order valence-electron chi connectivity index (χ0n) is 7.23. The van der Waals surface area contributed by atoms with Gasteiger partial charge in [0, 0.05) is 10.0 Å². The van der Waals surface area contributed by atoms with Crippen molar-refractivity contribution in [1.82, 2.24) is 0 Å². The summed E-state index contributed by atoms with van der Waals surface area (Å²) in [5.74, 6) is -0.905. The Morgan fingerprint density at radius 2 is 1.73 bits per heavy atom. The second-order valence-corrected chi connectivity index (χ2v) is 5.47. The van der Waals surface area contributed by atoms with Gasteiger partial charge in [-0.15, -0.1) is 11.3 Å². The van der Waals surface area contributed by atoms with Crippen LogP contribution >= 0.6 is 43.2 Å². The topological polar surface area (TPSA) is 0 Å². The SMILES string of the molecule is Fc1cc(-c2sccc2Br)c(F)cc1Br. The normalized spacial score (nSPS) is 10.7. The molecular formula is C10H4Br2F2S. The Labute approximate surface area is 106 Å². The molecule has 0 nitrogen and oxygen atoms in total. The van der Waals surface area contributed by atoms with Crippen LogP contribution in [-0.4, -0.2) is 0 Å². The molecule has 0 aliphatic carbocycles. The summed E-state index contributed by atoms with van der Waals surface area (Å²) in [6.07, 6.45) is 0. The predicted molar refractivity (Wildman–Crippen MR) is 65.1 cm³/mol. The summed E-state index contributed by atoms with van der Waals surface area (Å²) in [5, 5.41) is 1.82. The van der Waals surface area contributed by atoms with Gasteiger partial charge in [0.15, 0.2) is 0 Å². The number of halogens is 4. The Bertz CT molecular complexity index is 508. The van der Waals surface area contributed by atoms with Crippen molar-refractivity contribution in [2.45, 2.75) is 0 Å². The maximum Gasteiger partial charge on any atom is 0.138 e. The zero-order valence-corrected chi connectivity index (χ0v) is 11.2. The Kier molecular flexibility index (Phi) is 3.23. The van der Waals surface area contributed by atoms with Gasteiger partial charge in [0.05, 0.1) is 9.35 Å². The molecule has 0 aliphatic rings. The van der Waals surface area contributed by atoms with Gasteiger partial charge in [0.25, 0.3) is 0 Å². The molecule has 1 aromatic heterocycles. The summed E-state index contributed by atoms with van der Waals surface area (Å²) in [6.45, 7) is 0. The fourth-order valence-electron chi connectivity index (χ4n) is 1.18. The molecule has 0 unspecified atom stereocenters. The van der Waals surface area contributed by atoms with E-state index >= 15 is 0 Å². The van der Waals surface area contributed by atoms with Gasteiger partial charge in [-0.2, -0.15) is 0 Å². The maximum atomic E-state index is 13.6. The summed E-state index contributed by atoms with van der Waals surface area (Å²) >= 11 is 7.59. The first-order chi connectivity index (χ1) is 7.09. The molecule has 0 atom stereocenters. The van der Waals surface area contributed by atoms with E-state index in [4.69, 9.17) is 0 Å². The van der Waals surface area contributed by atoms with Crippen LogP contribution in [0, 0.1) is 11.6 Å². The summed E-state index contributed by atoms with van der Waals surface area (Å²) in [5.41, 5.74) is 0.276. The summed E-state index contributed by atoms with van der Waals surface area (Å²) in [4.78, 5) is 0.693. The average Bonchev–Trinajstić information content (AvgIpc) is 2.58. The Morgan fingerprint density at radius 3 is 2.33 bits per heavy atom. The lowest BCUT2D eigenvalue weighted by Crippen LogP contribution is -1.86. The quantitative estimate of drug-likeness (QED) is 0.616. The van der Waals surface area contributed by atoms with Crippen molar-refractivity contribution in [3.05, 3.63) is 44.2 Å². The second kappa shape index (κ2) is 4.31. The lowest BCUT2D eigenvalue weighted by Gasteiger charge is -2.03. The van der Waals surface area contributed by atoms with E-state index in [0.29, 0.717) is 4.88 Å². The van der Waals surface area contributed by atoms with Crippen LogP contribution in [0.25, 0.3) is 10.4 Å². The predicted octanol–water partition coefficient (Wildman–Crippen LogP) is 5.22. The second-order valence-electron chi connectivity index (χ2n) is 2.84. The first-order valence-electron chi connectivity index (χ1n) is 3.97. The van der Waals surface area contributed by atoms with Gasteiger partial charge in [-0.05, 0) is 55.4 Å². The van der Waals surface area contributed by atoms with Gasteiger partial charge < -0.3 is 0 Å². The van der Waals surface area contributed by atoms with Crippen LogP contribution in [-0.2, 0) is 0 Å². The van der Waals surface area contributed by atoms with Crippen LogP contribution in [0.4, 0.5) is 8.78 Å². The van der Waals surface area contributed by atoms with Crippen molar-refractivity contribution in [2.75, 3.05) is 0 Å². The molecule has 0 N–H and O–H groups in total. The van der Waals surface area contributed by atoms with Crippen LogP contribution in [0.3, 0.4) is 0 Å². The lowest BCUT2D eigenvalue weighted by molar-refractivity contribution is 0.597. The molecule has 78 valence electrons. The molecule has 0 fully saturated rings. The van der Waals surface area contributed by atoms with E-state index in [1.165, 1.54) is 17.4 Å². The van der Waals surface area contributed by atoms with Crippen LogP contribution in [0.15, 0.2) is 32.5 Å². The third-order valence-corrected chi connectivity index (χ3v) is 4.35. The molecule has 2 aromatic rings. The summed E-state index contributed by atoms with van der Waals surface area (Å²) < 4.78 is 27.7. The van der Waals surface area contributed by atoms with E-state index in [9.17, 15) is 8.78 Å². The number of hydrogen-bond donors (Lipinski definition) is 0. The number of hydrogen-bond acceptors (Lipinski definition) is 1. The highest BCUT2D eigenvalue weighted by Gasteiger charge is 2.13. The highest BCUT2D eigenvalue weighted by atomic mass is 79.9. The van der Waals surface area contributed by atoms with Crippen LogP contribution in [0.2, 0.25) is 0 Å². The van der Waals surface area contributed by atoms with Crippen molar-refractivity contribution in [3.63, 3.8) is 0 Å². The van der Waals surface area contributed by atoms with Crippen LogP contribution in [0.1, 0.15) is 0 Å². The summed E-state index contributed by atoms with van der Waals surface area (Å²) in [7, 11) is 0. The van der Waals surface area contributed by atoms with Gasteiger partial charge in [-0.3, -0.25) is 0 Å². The van der Waals surface area contributed by atoms with E-state index in [0.717, 1.165) is 10.5 Å². The molecule has 0 saturated heterocycles. The molecule has 5 heteroatoms. The third kappa shape index (κ3) is 2.14. The van der Waals surface area contributed by atoms with E-state index in [1.54, 1.807) is 6.07 Å². The molecule has 0 aliphatic heterocycles. The van der Waals surface area contributed by atoms with E-state index in [2.05, 4.69) is 31.9 Å². The monoisotopic (exact) mass is 352 g/mol. The minimum absolute atomic E-state index is 0.136. The number of thiophene rings is 1. The number of rotatable bonds is 1. The standard InChI is InChI=1S/C10H4Br2F2S/c11-6-1-2-15-10(6)5-3-9(14)7(12)4-8(5)13/h1-4H. The molecule has 0 radical (unpaired) electrons. The molecule has 1 heterocycles. The van der Waals surface area contributed by atoms with Crippen LogP contribution < -0.4 is 0 Å². The Balaban J connectivity index is 2.64. The van der Waals surface area contributed by atoms with E-state index in [-0.39, 0.29) is 10.0 Å². The van der Waals surface area contributed by atoms with Crippen molar-refractivity contribution >= 4 is 43.2 Å². The van der Waals surface area contributed by atoms with Gasteiger partial charge in [-0.25, -0.2) is 8.78 Å². The molecule has 0 bridgehead atoms. The fraction of sp³-hybridized carbons (Fsp3) is 0. The Hall–Kier alpha value is -0.260. The highest BCUT2D eigenvalue weighted by Crippen LogP contribution is 2.36. The minimum atomic E-state index is -0.466. The molecule has 1 aromatic carbocycles. The molecule has 15 heavy (non-hydrogen) atoms. The lowest BCUT2D eigenvalue weighted by atomic mass is 10.2. The largest absolute Gasteiger partial charge is 0.206 e. The zero-order chi connectivity index (χ0) is 11.0. The minimum Gasteiger partial charge on any atom is -0.206 e. The van der Waals surface area contributed by atoms with Crippen molar-refractivity contribution in [3.8, 4) is 10.4 Å². The van der Waals surface area contributed by atoms with Crippen LogP contribution in [0.5, 0.6) is 0 Å². The van der Waals surface area contributed by atoms with Gasteiger partial charge in [0.1, 0.15) is 11.6 Å². The van der Waals surface area contributed by atoms with Crippen molar-refractivity contribution in [1.29, 1.82) is 0 Å². The van der Waals surface area contributed by atoms with E-state index < -0.39 is 11.6 Å². The summed E-state index contributed by atoms with van der Waals surface area (Å²) in [6, 6.07) is 4.13. The fourth-order valence-corrected chi connectivity index (χ4v) is 3.10. The molecule has 0 spiro atoms. The molecule has 0 amide bonds. The molecular weight excluding hydrogens is 350 g/mol. The molecule has 0 saturated carbocycles. The van der Waals surface area contributed by atoms with E-state index in [1.807, 2.05) is 5.38 Å². The first kappa shape index (κ1) is 11.2. The maximum absolute atomic E-state index is 13.6. The van der Waals surface area contributed by atoms with Crippen molar-refractivity contribution < 1.29 is 8.78 Å². The number of benzene rings is 1. The average molecular weight is 354 g/mol. The first-order valence-corrected chi connectivity index (χ1v) is 6.44. The van der Waals surface area contributed by atoms with Gasteiger partial charge >= 0.3 is 0 Å².